The SMILES string of the molecule is CCN(Cc1nc2cc(OC)c(OC)cc2c(=O)[nH]1)c1ccc(C)cc1C. The molecule has 0 aliphatic rings. The summed E-state index contributed by atoms with van der Waals surface area (Å²) in [7, 11) is 3.11. The van der Waals surface area contributed by atoms with Crippen molar-refractivity contribution >= 4 is 16.6 Å². The minimum absolute atomic E-state index is 0.187. The number of methoxy groups -OCH3 is 2. The predicted octanol–water partition coefficient (Wildman–Crippen LogP) is 3.58. The van der Waals surface area contributed by atoms with Gasteiger partial charge in [-0.1, -0.05) is 17.7 Å². The van der Waals surface area contributed by atoms with Gasteiger partial charge in [-0.15, -0.1) is 0 Å². The summed E-state index contributed by atoms with van der Waals surface area (Å²) in [6, 6.07) is 9.76. The molecule has 0 amide bonds. The van der Waals surface area contributed by atoms with Crippen molar-refractivity contribution in [2.75, 3.05) is 25.7 Å². The lowest BCUT2D eigenvalue weighted by Gasteiger charge is -2.24. The first kappa shape index (κ1) is 18.8. The van der Waals surface area contributed by atoms with Crippen LogP contribution in [0.25, 0.3) is 10.9 Å². The molecule has 0 atom stereocenters. The maximum Gasteiger partial charge on any atom is 0.258 e. The summed E-state index contributed by atoms with van der Waals surface area (Å²) in [6.45, 7) is 7.58. The van der Waals surface area contributed by atoms with E-state index >= 15 is 0 Å². The Balaban J connectivity index is 2.02. The third-order valence-electron chi connectivity index (χ3n) is 4.68. The summed E-state index contributed by atoms with van der Waals surface area (Å²) in [5.74, 6) is 1.67. The summed E-state index contributed by atoms with van der Waals surface area (Å²) < 4.78 is 10.6. The van der Waals surface area contributed by atoms with Crippen LogP contribution in [-0.2, 0) is 6.54 Å². The summed E-state index contributed by atoms with van der Waals surface area (Å²) >= 11 is 0. The Hall–Kier alpha value is -3.02. The van der Waals surface area contributed by atoms with Crippen LogP contribution in [0.2, 0.25) is 0 Å². The second kappa shape index (κ2) is 7.70. The van der Waals surface area contributed by atoms with Crippen LogP contribution in [0.1, 0.15) is 23.9 Å². The fraction of sp³-hybridized carbons (Fsp3) is 0.333. The average Bonchev–Trinajstić information content (AvgIpc) is 2.65. The van der Waals surface area contributed by atoms with Gasteiger partial charge in [0.1, 0.15) is 5.82 Å². The molecule has 0 bridgehead atoms. The van der Waals surface area contributed by atoms with Gasteiger partial charge < -0.3 is 19.4 Å². The molecule has 6 heteroatoms. The Morgan fingerprint density at radius 3 is 2.41 bits per heavy atom. The van der Waals surface area contributed by atoms with Gasteiger partial charge in [-0.2, -0.15) is 0 Å². The smallest absolute Gasteiger partial charge is 0.258 e. The molecule has 0 unspecified atom stereocenters. The summed E-state index contributed by atoms with van der Waals surface area (Å²) in [6.07, 6.45) is 0. The van der Waals surface area contributed by atoms with Crippen molar-refractivity contribution in [1.29, 1.82) is 0 Å². The zero-order valence-corrected chi connectivity index (χ0v) is 16.4. The molecule has 0 radical (unpaired) electrons. The number of rotatable bonds is 6. The second-order valence-corrected chi connectivity index (χ2v) is 6.54. The lowest BCUT2D eigenvalue weighted by atomic mass is 10.1. The lowest BCUT2D eigenvalue weighted by molar-refractivity contribution is 0.355. The number of aromatic nitrogens is 2. The molecular formula is C21H25N3O3. The van der Waals surface area contributed by atoms with Crippen LogP contribution in [0.15, 0.2) is 35.1 Å². The quantitative estimate of drug-likeness (QED) is 0.721. The summed E-state index contributed by atoms with van der Waals surface area (Å²) in [5, 5.41) is 0.478. The largest absolute Gasteiger partial charge is 0.493 e. The third kappa shape index (κ3) is 3.74. The fourth-order valence-electron chi connectivity index (χ4n) is 3.30. The molecule has 27 heavy (non-hydrogen) atoms. The van der Waals surface area contributed by atoms with Gasteiger partial charge in [0.2, 0.25) is 0 Å². The maximum absolute atomic E-state index is 12.6. The fourth-order valence-corrected chi connectivity index (χ4v) is 3.30. The molecule has 0 saturated carbocycles. The molecule has 0 aliphatic carbocycles. The number of anilines is 1. The van der Waals surface area contributed by atoms with Crippen LogP contribution in [0.4, 0.5) is 5.69 Å². The lowest BCUT2D eigenvalue weighted by Crippen LogP contribution is -2.26. The van der Waals surface area contributed by atoms with Gasteiger partial charge in [0.05, 0.1) is 31.7 Å². The van der Waals surface area contributed by atoms with Crippen molar-refractivity contribution < 1.29 is 9.47 Å². The number of aryl methyl sites for hydroxylation is 2. The molecule has 3 rings (SSSR count). The number of hydrogen-bond acceptors (Lipinski definition) is 5. The van der Waals surface area contributed by atoms with E-state index < -0.39 is 0 Å². The van der Waals surface area contributed by atoms with Crippen LogP contribution in [0.3, 0.4) is 0 Å². The minimum atomic E-state index is -0.187. The van der Waals surface area contributed by atoms with E-state index in [1.807, 2.05) is 0 Å². The number of H-pyrrole nitrogens is 1. The molecule has 0 saturated heterocycles. The predicted molar refractivity (Wildman–Crippen MR) is 108 cm³/mol. The molecule has 3 aromatic rings. The van der Waals surface area contributed by atoms with Crippen LogP contribution in [0.5, 0.6) is 11.5 Å². The highest BCUT2D eigenvalue weighted by Gasteiger charge is 2.14. The molecule has 1 N–H and O–H groups in total. The molecule has 142 valence electrons. The monoisotopic (exact) mass is 367 g/mol. The van der Waals surface area contributed by atoms with Gasteiger partial charge in [0.15, 0.2) is 11.5 Å². The molecule has 1 heterocycles. The molecular weight excluding hydrogens is 342 g/mol. The topological polar surface area (TPSA) is 67.5 Å². The zero-order valence-electron chi connectivity index (χ0n) is 16.4. The van der Waals surface area contributed by atoms with E-state index in [1.54, 1.807) is 26.4 Å². The van der Waals surface area contributed by atoms with Crippen LogP contribution >= 0.6 is 0 Å². The summed E-state index contributed by atoms with van der Waals surface area (Å²) in [4.78, 5) is 22.3. The Bertz CT molecular complexity index is 1030. The first-order valence-electron chi connectivity index (χ1n) is 8.94. The molecule has 0 fully saturated rings. The third-order valence-corrected chi connectivity index (χ3v) is 4.68. The molecule has 0 spiro atoms. The first-order chi connectivity index (χ1) is 13.0. The van der Waals surface area contributed by atoms with Crippen molar-refractivity contribution in [1.82, 2.24) is 9.97 Å². The van der Waals surface area contributed by atoms with Gasteiger partial charge in [-0.05, 0) is 38.5 Å². The van der Waals surface area contributed by atoms with E-state index in [2.05, 4.69) is 53.8 Å². The van der Waals surface area contributed by atoms with Gasteiger partial charge in [-0.3, -0.25) is 4.79 Å². The molecule has 1 aromatic heterocycles. The van der Waals surface area contributed by atoms with Crippen LogP contribution in [0, 0.1) is 13.8 Å². The standard InChI is InChI=1S/C21H25N3O3/c1-6-24(17-8-7-13(2)9-14(17)3)12-20-22-16-11-19(27-5)18(26-4)10-15(16)21(25)23-20/h7-11H,6,12H2,1-5H3,(H,22,23,25). The molecule has 0 aliphatic heterocycles. The highest BCUT2D eigenvalue weighted by atomic mass is 16.5. The van der Waals surface area contributed by atoms with E-state index in [0.29, 0.717) is 34.8 Å². The number of benzene rings is 2. The number of nitrogens with zero attached hydrogens (tertiary/aromatic N) is 2. The Labute approximate surface area is 158 Å². The normalized spacial score (nSPS) is 10.9. The van der Waals surface area contributed by atoms with Gasteiger partial charge in [0, 0.05) is 18.3 Å². The van der Waals surface area contributed by atoms with Crippen LogP contribution < -0.4 is 19.9 Å². The number of aromatic amines is 1. The van der Waals surface area contributed by atoms with E-state index in [9.17, 15) is 4.79 Å². The first-order valence-corrected chi connectivity index (χ1v) is 8.94. The van der Waals surface area contributed by atoms with Gasteiger partial charge in [0.25, 0.3) is 5.56 Å². The minimum Gasteiger partial charge on any atom is -0.493 e. The van der Waals surface area contributed by atoms with Crippen molar-refractivity contribution in [2.45, 2.75) is 27.3 Å². The molecule has 6 nitrogen and oxygen atoms in total. The van der Waals surface area contributed by atoms with E-state index in [0.717, 1.165) is 12.2 Å². The van der Waals surface area contributed by atoms with Crippen LogP contribution in [-0.4, -0.2) is 30.7 Å². The Morgan fingerprint density at radius 1 is 1.07 bits per heavy atom. The second-order valence-electron chi connectivity index (χ2n) is 6.54. The van der Waals surface area contributed by atoms with Crippen molar-refractivity contribution in [3.63, 3.8) is 0 Å². The highest BCUT2D eigenvalue weighted by molar-refractivity contribution is 5.81. The van der Waals surface area contributed by atoms with E-state index in [-0.39, 0.29) is 5.56 Å². The van der Waals surface area contributed by atoms with E-state index in [4.69, 9.17) is 9.47 Å². The molecule has 2 aromatic carbocycles. The van der Waals surface area contributed by atoms with Crippen molar-refractivity contribution in [3.8, 4) is 11.5 Å². The zero-order chi connectivity index (χ0) is 19.6. The number of fused-ring (bicyclic) bond motifs is 1. The number of hydrogen-bond donors (Lipinski definition) is 1. The Kier molecular flexibility index (Phi) is 5.35. The van der Waals surface area contributed by atoms with E-state index in [1.165, 1.54) is 11.1 Å². The Morgan fingerprint density at radius 2 is 1.78 bits per heavy atom. The average molecular weight is 367 g/mol. The maximum atomic E-state index is 12.6. The number of nitrogens with one attached hydrogen (secondary N) is 1. The number of ether oxygens (including phenoxy) is 2. The summed E-state index contributed by atoms with van der Waals surface area (Å²) in [5.41, 5.74) is 3.96. The van der Waals surface area contributed by atoms with Gasteiger partial charge >= 0.3 is 0 Å². The van der Waals surface area contributed by atoms with Gasteiger partial charge in [-0.25, -0.2) is 4.98 Å². The highest BCUT2D eigenvalue weighted by Crippen LogP contribution is 2.30. The van der Waals surface area contributed by atoms with Crippen molar-refractivity contribution in [3.05, 3.63) is 57.6 Å². The van der Waals surface area contributed by atoms with Crippen molar-refractivity contribution in [2.24, 2.45) is 0 Å².